The molecule has 2 rings (SSSR count). The topological polar surface area (TPSA) is 98.4 Å². The van der Waals surface area contributed by atoms with E-state index in [-0.39, 0.29) is 11.6 Å². The van der Waals surface area contributed by atoms with Gasteiger partial charge in [-0.05, 0) is 13.8 Å². The van der Waals surface area contributed by atoms with E-state index in [0.29, 0.717) is 43.8 Å². The number of pyridine rings is 1. The third kappa shape index (κ3) is 5.64. The van der Waals surface area contributed by atoms with Crippen LogP contribution in [0.15, 0.2) is 18.3 Å². The number of nitrogens with zero attached hydrogens (tertiary/aromatic N) is 2. The normalized spacial score (nSPS) is 10.6. The van der Waals surface area contributed by atoms with Crippen LogP contribution in [0.4, 0.5) is 5.95 Å². The number of ether oxygens (including phenoxy) is 3. The van der Waals surface area contributed by atoms with Gasteiger partial charge in [0.15, 0.2) is 0 Å². The molecule has 0 aromatic carbocycles. The Kier molecular flexibility index (Phi) is 6.71. The number of methoxy groups -OCH3 is 1. The SMILES string of the molecule is COCCOCCOc1cc(C)nc(C(=O)Nc2nc(C)c[nH]2)c1. The Hall–Kier alpha value is -2.45. The Morgan fingerprint density at radius 3 is 2.62 bits per heavy atom. The number of aromatic amines is 1. The van der Waals surface area contributed by atoms with Crippen molar-refractivity contribution < 1.29 is 19.0 Å². The van der Waals surface area contributed by atoms with E-state index < -0.39 is 0 Å². The molecule has 8 heteroatoms. The van der Waals surface area contributed by atoms with E-state index >= 15 is 0 Å². The van der Waals surface area contributed by atoms with Gasteiger partial charge in [0.25, 0.3) is 5.91 Å². The molecule has 0 spiro atoms. The molecule has 2 aromatic heterocycles. The third-order valence-electron chi connectivity index (χ3n) is 3.03. The molecule has 0 saturated heterocycles. The summed E-state index contributed by atoms with van der Waals surface area (Å²) >= 11 is 0. The van der Waals surface area contributed by atoms with Gasteiger partial charge in [0, 0.05) is 31.1 Å². The molecule has 0 aliphatic carbocycles. The highest BCUT2D eigenvalue weighted by Gasteiger charge is 2.12. The van der Waals surface area contributed by atoms with Crippen LogP contribution < -0.4 is 10.1 Å². The van der Waals surface area contributed by atoms with Gasteiger partial charge in [-0.25, -0.2) is 9.97 Å². The van der Waals surface area contributed by atoms with Crippen molar-refractivity contribution in [3.63, 3.8) is 0 Å². The lowest BCUT2D eigenvalue weighted by atomic mass is 10.3. The maximum absolute atomic E-state index is 12.2. The van der Waals surface area contributed by atoms with Crippen LogP contribution in [0.2, 0.25) is 0 Å². The zero-order chi connectivity index (χ0) is 17.4. The van der Waals surface area contributed by atoms with E-state index in [4.69, 9.17) is 14.2 Å². The van der Waals surface area contributed by atoms with Crippen molar-refractivity contribution in [3.05, 3.63) is 35.4 Å². The zero-order valence-corrected chi connectivity index (χ0v) is 14.1. The summed E-state index contributed by atoms with van der Waals surface area (Å²) in [5.74, 6) is 0.600. The predicted octanol–water partition coefficient (Wildman–Crippen LogP) is 1.72. The van der Waals surface area contributed by atoms with Crippen LogP contribution in [0.3, 0.4) is 0 Å². The number of carbonyl (C=O) groups is 1. The van der Waals surface area contributed by atoms with Crippen LogP contribution in [0.25, 0.3) is 0 Å². The average molecular weight is 334 g/mol. The highest BCUT2D eigenvalue weighted by molar-refractivity contribution is 6.02. The quantitative estimate of drug-likeness (QED) is 0.678. The van der Waals surface area contributed by atoms with Gasteiger partial charge in [-0.15, -0.1) is 0 Å². The van der Waals surface area contributed by atoms with Gasteiger partial charge >= 0.3 is 0 Å². The van der Waals surface area contributed by atoms with E-state index in [1.807, 2.05) is 6.92 Å². The first-order valence-electron chi connectivity index (χ1n) is 7.60. The van der Waals surface area contributed by atoms with Gasteiger partial charge in [-0.2, -0.15) is 0 Å². The Balaban J connectivity index is 1.91. The molecule has 2 heterocycles. The molecule has 0 fully saturated rings. The number of amides is 1. The second-order valence-electron chi connectivity index (χ2n) is 5.13. The lowest BCUT2D eigenvalue weighted by Gasteiger charge is -2.09. The maximum atomic E-state index is 12.2. The molecule has 0 saturated carbocycles. The fourth-order valence-electron chi connectivity index (χ4n) is 1.95. The Bertz CT molecular complexity index is 672. The molecule has 1 amide bonds. The van der Waals surface area contributed by atoms with E-state index in [1.54, 1.807) is 32.4 Å². The molecule has 2 N–H and O–H groups in total. The van der Waals surface area contributed by atoms with Crippen molar-refractivity contribution in [2.24, 2.45) is 0 Å². The summed E-state index contributed by atoms with van der Waals surface area (Å²) in [6.45, 7) is 5.52. The van der Waals surface area contributed by atoms with E-state index in [9.17, 15) is 4.79 Å². The highest BCUT2D eigenvalue weighted by Crippen LogP contribution is 2.15. The third-order valence-corrected chi connectivity index (χ3v) is 3.03. The summed E-state index contributed by atoms with van der Waals surface area (Å²) in [7, 11) is 1.62. The number of hydrogen-bond donors (Lipinski definition) is 2. The molecule has 0 bridgehead atoms. The molecular weight excluding hydrogens is 312 g/mol. The highest BCUT2D eigenvalue weighted by atomic mass is 16.5. The molecular formula is C16H22N4O4. The van der Waals surface area contributed by atoms with Crippen molar-refractivity contribution in [1.29, 1.82) is 0 Å². The van der Waals surface area contributed by atoms with Crippen LogP contribution >= 0.6 is 0 Å². The van der Waals surface area contributed by atoms with Crippen LogP contribution in [0.1, 0.15) is 21.9 Å². The first-order chi connectivity index (χ1) is 11.6. The van der Waals surface area contributed by atoms with Gasteiger partial charge in [-0.3, -0.25) is 10.1 Å². The maximum Gasteiger partial charge on any atom is 0.276 e. The number of aromatic nitrogens is 3. The average Bonchev–Trinajstić information content (AvgIpc) is 2.95. The van der Waals surface area contributed by atoms with Crippen molar-refractivity contribution >= 4 is 11.9 Å². The van der Waals surface area contributed by atoms with E-state index in [1.165, 1.54) is 0 Å². The lowest BCUT2D eigenvalue weighted by molar-refractivity contribution is 0.0544. The molecule has 0 radical (unpaired) electrons. The number of rotatable bonds is 9. The molecule has 0 atom stereocenters. The largest absolute Gasteiger partial charge is 0.491 e. The van der Waals surface area contributed by atoms with Gasteiger partial charge < -0.3 is 19.2 Å². The van der Waals surface area contributed by atoms with E-state index in [0.717, 1.165) is 5.69 Å². The van der Waals surface area contributed by atoms with Crippen LogP contribution in [-0.4, -0.2) is 54.4 Å². The molecule has 24 heavy (non-hydrogen) atoms. The number of hydrogen-bond acceptors (Lipinski definition) is 6. The Morgan fingerprint density at radius 2 is 1.92 bits per heavy atom. The Labute approximate surface area is 140 Å². The minimum Gasteiger partial charge on any atom is -0.491 e. The summed E-state index contributed by atoms with van der Waals surface area (Å²) in [5, 5.41) is 2.66. The van der Waals surface area contributed by atoms with Crippen molar-refractivity contribution in [3.8, 4) is 5.75 Å². The minimum atomic E-state index is -0.353. The molecule has 0 unspecified atom stereocenters. The van der Waals surface area contributed by atoms with Crippen molar-refractivity contribution in [2.75, 3.05) is 38.9 Å². The number of imidazole rings is 1. The Morgan fingerprint density at radius 1 is 1.12 bits per heavy atom. The lowest BCUT2D eigenvalue weighted by Crippen LogP contribution is -2.16. The number of nitrogens with one attached hydrogen (secondary N) is 2. The van der Waals surface area contributed by atoms with Crippen LogP contribution in [0, 0.1) is 13.8 Å². The van der Waals surface area contributed by atoms with Gasteiger partial charge in [0.05, 0.1) is 25.5 Å². The number of anilines is 1. The fourth-order valence-corrected chi connectivity index (χ4v) is 1.95. The zero-order valence-electron chi connectivity index (χ0n) is 14.1. The molecule has 0 aliphatic heterocycles. The number of H-pyrrole nitrogens is 1. The fraction of sp³-hybridized carbons (Fsp3) is 0.438. The molecule has 130 valence electrons. The van der Waals surface area contributed by atoms with Crippen LogP contribution in [-0.2, 0) is 9.47 Å². The van der Waals surface area contributed by atoms with Crippen LogP contribution in [0.5, 0.6) is 5.75 Å². The summed E-state index contributed by atoms with van der Waals surface area (Å²) in [4.78, 5) is 23.5. The molecule has 2 aromatic rings. The standard InChI is InChI=1S/C16H22N4O4/c1-11-8-13(24-7-6-23-5-4-22-3)9-14(18-11)15(21)20-16-17-10-12(2)19-16/h8-10H,4-7H2,1-3H3,(H2,17,19,20,21). The summed E-state index contributed by atoms with van der Waals surface area (Å²) in [6.07, 6.45) is 1.71. The monoisotopic (exact) mass is 334 g/mol. The smallest absolute Gasteiger partial charge is 0.276 e. The summed E-state index contributed by atoms with van der Waals surface area (Å²) in [5.41, 5.74) is 1.74. The first-order valence-corrected chi connectivity index (χ1v) is 7.60. The van der Waals surface area contributed by atoms with Gasteiger partial charge in [-0.1, -0.05) is 0 Å². The summed E-state index contributed by atoms with van der Waals surface area (Å²) < 4.78 is 15.8. The van der Waals surface area contributed by atoms with Crippen molar-refractivity contribution in [2.45, 2.75) is 13.8 Å². The summed E-state index contributed by atoms with van der Waals surface area (Å²) in [6, 6.07) is 3.36. The van der Waals surface area contributed by atoms with E-state index in [2.05, 4.69) is 20.3 Å². The molecule has 0 aliphatic rings. The number of aryl methyl sites for hydroxylation is 2. The minimum absolute atomic E-state index is 0.263. The molecule has 8 nitrogen and oxygen atoms in total. The number of carbonyl (C=O) groups excluding carboxylic acids is 1. The second-order valence-corrected chi connectivity index (χ2v) is 5.13. The van der Waals surface area contributed by atoms with Gasteiger partial charge in [0.2, 0.25) is 5.95 Å². The second kappa shape index (κ2) is 8.99. The van der Waals surface area contributed by atoms with Gasteiger partial charge in [0.1, 0.15) is 18.1 Å². The first kappa shape index (κ1) is 17.9. The predicted molar refractivity (Wildman–Crippen MR) is 88.4 cm³/mol. The van der Waals surface area contributed by atoms with Crippen molar-refractivity contribution in [1.82, 2.24) is 15.0 Å².